The summed E-state index contributed by atoms with van der Waals surface area (Å²) in [7, 11) is 0. The van der Waals surface area contributed by atoms with Crippen LogP contribution in [0.5, 0.6) is 5.75 Å². The van der Waals surface area contributed by atoms with Gasteiger partial charge in [0.05, 0.1) is 24.3 Å². The molecule has 1 heterocycles. The number of nitriles is 1. The molecule has 0 saturated carbocycles. The summed E-state index contributed by atoms with van der Waals surface area (Å²) in [6.45, 7) is 4.58. The summed E-state index contributed by atoms with van der Waals surface area (Å²) in [4.78, 5) is 2.30. The van der Waals surface area contributed by atoms with Crippen LogP contribution in [0.1, 0.15) is 5.56 Å². The van der Waals surface area contributed by atoms with Crippen molar-refractivity contribution in [3.8, 4) is 11.8 Å². The standard InChI is InChI=1S/C14H19N3O2/c15-9-12-1-3-13(4-2-12)18-7-5-17-6-8-19-14(10-16)11-17/h1-4,14H,5-8,10-11,16H2. The Kier molecular flexibility index (Phi) is 5.16. The third kappa shape index (κ3) is 4.21. The number of ether oxygens (including phenoxy) is 2. The molecule has 1 fully saturated rings. The van der Waals surface area contributed by atoms with E-state index in [0.717, 1.165) is 32.0 Å². The van der Waals surface area contributed by atoms with Crippen LogP contribution in [0, 0.1) is 11.3 Å². The second kappa shape index (κ2) is 7.10. The first-order chi connectivity index (χ1) is 9.31. The number of hydrogen-bond donors (Lipinski definition) is 1. The first-order valence-electron chi connectivity index (χ1n) is 6.49. The molecule has 0 aromatic heterocycles. The Labute approximate surface area is 113 Å². The second-order valence-electron chi connectivity index (χ2n) is 4.51. The van der Waals surface area contributed by atoms with Gasteiger partial charge in [-0.05, 0) is 24.3 Å². The van der Waals surface area contributed by atoms with Crippen molar-refractivity contribution in [2.75, 3.05) is 39.4 Å². The maximum absolute atomic E-state index is 8.70. The lowest BCUT2D eigenvalue weighted by molar-refractivity contribution is -0.0261. The second-order valence-corrected chi connectivity index (χ2v) is 4.51. The fourth-order valence-corrected chi connectivity index (χ4v) is 2.04. The molecule has 2 N–H and O–H groups in total. The van der Waals surface area contributed by atoms with Gasteiger partial charge in [0.2, 0.25) is 0 Å². The van der Waals surface area contributed by atoms with Gasteiger partial charge in [0.15, 0.2) is 0 Å². The Bertz CT molecular complexity index is 427. The van der Waals surface area contributed by atoms with Crippen LogP contribution in [0.4, 0.5) is 0 Å². The molecule has 1 aromatic carbocycles. The molecule has 1 saturated heterocycles. The molecule has 0 aliphatic carbocycles. The van der Waals surface area contributed by atoms with Crippen molar-refractivity contribution >= 4 is 0 Å². The van der Waals surface area contributed by atoms with Crippen molar-refractivity contribution in [1.82, 2.24) is 4.90 Å². The van der Waals surface area contributed by atoms with Crippen molar-refractivity contribution in [2.45, 2.75) is 6.10 Å². The smallest absolute Gasteiger partial charge is 0.119 e. The van der Waals surface area contributed by atoms with Crippen LogP contribution in [0.3, 0.4) is 0 Å². The highest BCUT2D eigenvalue weighted by Crippen LogP contribution is 2.11. The Morgan fingerprint density at radius 2 is 2.21 bits per heavy atom. The largest absolute Gasteiger partial charge is 0.492 e. The van der Waals surface area contributed by atoms with Crippen LogP contribution >= 0.6 is 0 Å². The Morgan fingerprint density at radius 1 is 1.42 bits per heavy atom. The zero-order valence-electron chi connectivity index (χ0n) is 10.9. The van der Waals surface area contributed by atoms with Crippen molar-refractivity contribution in [3.05, 3.63) is 29.8 Å². The average Bonchev–Trinajstić information content (AvgIpc) is 2.48. The minimum Gasteiger partial charge on any atom is -0.492 e. The molecule has 19 heavy (non-hydrogen) atoms. The maximum Gasteiger partial charge on any atom is 0.119 e. The molecule has 0 radical (unpaired) electrons. The van der Waals surface area contributed by atoms with Crippen LogP contribution < -0.4 is 10.5 Å². The van der Waals surface area contributed by atoms with Crippen LogP contribution in [-0.2, 0) is 4.74 Å². The highest BCUT2D eigenvalue weighted by molar-refractivity contribution is 5.34. The van der Waals surface area contributed by atoms with Crippen molar-refractivity contribution in [2.24, 2.45) is 5.73 Å². The summed E-state index contributed by atoms with van der Waals surface area (Å²) in [5.41, 5.74) is 6.25. The van der Waals surface area contributed by atoms with Crippen molar-refractivity contribution < 1.29 is 9.47 Å². The predicted octanol–water partition coefficient (Wildman–Crippen LogP) is 0.597. The van der Waals surface area contributed by atoms with Crippen molar-refractivity contribution in [3.63, 3.8) is 0 Å². The van der Waals surface area contributed by atoms with Gasteiger partial charge in [-0.15, -0.1) is 0 Å². The summed E-state index contributed by atoms with van der Waals surface area (Å²) in [5.74, 6) is 0.794. The molecule has 1 aromatic rings. The number of rotatable bonds is 5. The van der Waals surface area contributed by atoms with Crippen LogP contribution in [0.15, 0.2) is 24.3 Å². The Balaban J connectivity index is 1.72. The molecular weight excluding hydrogens is 242 g/mol. The van der Waals surface area contributed by atoms with Gasteiger partial charge in [-0.1, -0.05) is 0 Å². The van der Waals surface area contributed by atoms with Gasteiger partial charge in [-0.25, -0.2) is 0 Å². The van der Waals surface area contributed by atoms with E-state index in [0.29, 0.717) is 18.7 Å². The number of nitrogens with two attached hydrogens (primary N) is 1. The van der Waals surface area contributed by atoms with E-state index in [1.54, 1.807) is 12.1 Å². The van der Waals surface area contributed by atoms with Gasteiger partial charge in [-0.3, -0.25) is 4.90 Å². The van der Waals surface area contributed by atoms with Crippen molar-refractivity contribution in [1.29, 1.82) is 5.26 Å². The summed E-state index contributed by atoms with van der Waals surface area (Å²) >= 11 is 0. The molecule has 1 atom stereocenters. The summed E-state index contributed by atoms with van der Waals surface area (Å²) in [6.07, 6.45) is 0.142. The third-order valence-electron chi connectivity index (χ3n) is 3.15. The lowest BCUT2D eigenvalue weighted by atomic mass is 10.2. The quantitative estimate of drug-likeness (QED) is 0.840. The van der Waals surface area contributed by atoms with Crippen LogP contribution in [-0.4, -0.2) is 50.4 Å². The first kappa shape index (κ1) is 13.8. The van der Waals surface area contributed by atoms with Gasteiger partial charge in [-0.2, -0.15) is 5.26 Å². The van der Waals surface area contributed by atoms with E-state index in [1.807, 2.05) is 12.1 Å². The molecular formula is C14H19N3O2. The molecule has 1 unspecified atom stereocenters. The van der Waals surface area contributed by atoms with E-state index in [2.05, 4.69) is 11.0 Å². The number of nitrogens with zero attached hydrogens (tertiary/aromatic N) is 2. The predicted molar refractivity (Wildman–Crippen MR) is 71.9 cm³/mol. The highest BCUT2D eigenvalue weighted by Gasteiger charge is 2.18. The van der Waals surface area contributed by atoms with E-state index in [1.165, 1.54) is 0 Å². The third-order valence-corrected chi connectivity index (χ3v) is 3.15. The van der Waals surface area contributed by atoms with Crippen LogP contribution in [0.2, 0.25) is 0 Å². The Morgan fingerprint density at radius 3 is 2.89 bits per heavy atom. The maximum atomic E-state index is 8.70. The summed E-state index contributed by atoms with van der Waals surface area (Å²) in [6, 6.07) is 9.24. The van der Waals surface area contributed by atoms with Gasteiger partial charge in [0.25, 0.3) is 0 Å². The topological polar surface area (TPSA) is 71.5 Å². The first-order valence-corrected chi connectivity index (χ1v) is 6.49. The lowest BCUT2D eigenvalue weighted by Crippen LogP contribution is -2.46. The molecule has 5 nitrogen and oxygen atoms in total. The monoisotopic (exact) mass is 261 g/mol. The minimum atomic E-state index is 0.142. The number of benzene rings is 1. The molecule has 0 bridgehead atoms. The molecule has 1 aliphatic heterocycles. The zero-order valence-corrected chi connectivity index (χ0v) is 10.9. The van der Waals surface area contributed by atoms with Gasteiger partial charge in [0.1, 0.15) is 12.4 Å². The zero-order chi connectivity index (χ0) is 13.5. The van der Waals surface area contributed by atoms with Gasteiger partial charge < -0.3 is 15.2 Å². The Hall–Kier alpha value is -1.61. The van der Waals surface area contributed by atoms with E-state index in [4.69, 9.17) is 20.5 Å². The number of hydrogen-bond acceptors (Lipinski definition) is 5. The van der Waals surface area contributed by atoms with E-state index >= 15 is 0 Å². The number of morpholine rings is 1. The van der Waals surface area contributed by atoms with E-state index in [-0.39, 0.29) is 6.10 Å². The summed E-state index contributed by atoms with van der Waals surface area (Å²) < 4.78 is 11.2. The fraction of sp³-hybridized carbons (Fsp3) is 0.500. The normalized spacial score (nSPS) is 19.9. The minimum absolute atomic E-state index is 0.142. The SMILES string of the molecule is N#Cc1ccc(OCCN2CCOC(CN)C2)cc1. The fourth-order valence-electron chi connectivity index (χ4n) is 2.04. The molecule has 102 valence electrons. The van der Waals surface area contributed by atoms with Crippen LogP contribution in [0.25, 0.3) is 0 Å². The molecule has 2 rings (SSSR count). The molecule has 1 aliphatic rings. The molecule has 0 spiro atoms. The average molecular weight is 261 g/mol. The highest BCUT2D eigenvalue weighted by atomic mass is 16.5. The van der Waals surface area contributed by atoms with E-state index in [9.17, 15) is 0 Å². The van der Waals surface area contributed by atoms with E-state index < -0.39 is 0 Å². The van der Waals surface area contributed by atoms with Gasteiger partial charge >= 0.3 is 0 Å². The molecule has 0 amide bonds. The van der Waals surface area contributed by atoms with Gasteiger partial charge in [0, 0.05) is 26.2 Å². The summed E-state index contributed by atoms with van der Waals surface area (Å²) in [5, 5.41) is 8.70. The molecule has 5 heteroatoms. The lowest BCUT2D eigenvalue weighted by Gasteiger charge is -2.32.